The molecule has 0 aliphatic carbocycles. The van der Waals surface area contributed by atoms with Crippen molar-refractivity contribution in [2.45, 2.75) is 0 Å². The van der Waals surface area contributed by atoms with Gasteiger partial charge in [-0.05, 0) is 6.07 Å². The van der Waals surface area contributed by atoms with Gasteiger partial charge in [-0.25, -0.2) is 4.79 Å². The second kappa shape index (κ2) is 4.06. The van der Waals surface area contributed by atoms with Crippen LogP contribution in [0.15, 0.2) is 30.5 Å². The quantitative estimate of drug-likeness (QED) is 0.559. The summed E-state index contributed by atoms with van der Waals surface area (Å²) in [5.74, 6) is -1.70. The molecule has 1 amide bonds. The zero-order valence-electron chi connectivity index (χ0n) is 8.61. The molecule has 2 aromatic rings. The number of carbonyl (C=O) groups is 2. The van der Waals surface area contributed by atoms with Crippen molar-refractivity contribution in [1.82, 2.24) is 4.98 Å². The van der Waals surface area contributed by atoms with E-state index >= 15 is 0 Å². The second-order valence-electron chi connectivity index (χ2n) is 3.19. The maximum atomic E-state index is 11.3. The minimum absolute atomic E-state index is 0.561. The van der Waals surface area contributed by atoms with Crippen molar-refractivity contribution >= 4 is 28.5 Å². The molecular weight excluding hydrogens is 208 g/mol. The standard InChI is InChI=1S/C11H10N2O3/c1-16-11(15)10(14)13-9-6-12-8-5-3-2-4-7(8)9/h2-6,12H,1H3,(H,13,14). The molecule has 5 nitrogen and oxygen atoms in total. The molecule has 1 aromatic heterocycles. The van der Waals surface area contributed by atoms with Crippen LogP contribution < -0.4 is 5.32 Å². The number of para-hydroxylation sites is 1. The molecule has 2 N–H and O–H groups in total. The summed E-state index contributed by atoms with van der Waals surface area (Å²) >= 11 is 0. The summed E-state index contributed by atoms with van der Waals surface area (Å²) < 4.78 is 4.31. The van der Waals surface area contributed by atoms with E-state index in [1.807, 2.05) is 24.3 Å². The van der Waals surface area contributed by atoms with Gasteiger partial charge in [0.15, 0.2) is 0 Å². The van der Waals surface area contributed by atoms with Crippen LogP contribution in [0.1, 0.15) is 0 Å². The van der Waals surface area contributed by atoms with E-state index in [9.17, 15) is 9.59 Å². The van der Waals surface area contributed by atoms with Gasteiger partial charge in [-0.1, -0.05) is 18.2 Å². The van der Waals surface area contributed by atoms with Gasteiger partial charge in [0.2, 0.25) is 0 Å². The number of esters is 1. The van der Waals surface area contributed by atoms with E-state index in [0.29, 0.717) is 5.69 Å². The van der Waals surface area contributed by atoms with Gasteiger partial charge in [-0.3, -0.25) is 4.79 Å². The van der Waals surface area contributed by atoms with Crippen molar-refractivity contribution in [1.29, 1.82) is 0 Å². The number of nitrogens with one attached hydrogen (secondary N) is 2. The molecule has 0 aliphatic heterocycles. The first-order valence-corrected chi connectivity index (χ1v) is 4.68. The molecule has 0 fully saturated rings. The van der Waals surface area contributed by atoms with Gasteiger partial charge in [-0.2, -0.15) is 0 Å². The Balaban J connectivity index is 2.28. The maximum Gasteiger partial charge on any atom is 0.396 e. The summed E-state index contributed by atoms with van der Waals surface area (Å²) in [5, 5.41) is 3.32. The molecule has 0 saturated heterocycles. The zero-order chi connectivity index (χ0) is 11.5. The summed E-state index contributed by atoms with van der Waals surface area (Å²) in [6.45, 7) is 0. The van der Waals surface area contributed by atoms with Gasteiger partial charge in [0.25, 0.3) is 0 Å². The predicted octanol–water partition coefficient (Wildman–Crippen LogP) is 1.28. The van der Waals surface area contributed by atoms with Crippen molar-refractivity contribution in [2.24, 2.45) is 0 Å². The topological polar surface area (TPSA) is 71.2 Å². The van der Waals surface area contributed by atoms with Crippen molar-refractivity contribution in [3.05, 3.63) is 30.5 Å². The third-order valence-corrected chi connectivity index (χ3v) is 2.21. The molecule has 1 heterocycles. The first-order chi connectivity index (χ1) is 7.72. The Morgan fingerprint density at radius 1 is 1.31 bits per heavy atom. The number of rotatable bonds is 1. The van der Waals surface area contributed by atoms with Gasteiger partial charge < -0.3 is 15.0 Å². The fourth-order valence-electron chi connectivity index (χ4n) is 1.44. The van der Waals surface area contributed by atoms with E-state index in [-0.39, 0.29) is 0 Å². The van der Waals surface area contributed by atoms with Crippen molar-refractivity contribution in [3.63, 3.8) is 0 Å². The number of aromatic nitrogens is 1. The van der Waals surface area contributed by atoms with Crippen molar-refractivity contribution in [2.75, 3.05) is 12.4 Å². The van der Waals surface area contributed by atoms with Crippen LogP contribution in [-0.2, 0) is 14.3 Å². The fraction of sp³-hybridized carbons (Fsp3) is 0.0909. The average Bonchev–Trinajstić information content (AvgIpc) is 2.72. The minimum Gasteiger partial charge on any atom is -0.462 e. The number of benzene rings is 1. The summed E-state index contributed by atoms with van der Waals surface area (Å²) in [6.07, 6.45) is 1.63. The van der Waals surface area contributed by atoms with E-state index < -0.39 is 11.9 Å². The maximum absolute atomic E-state index is 11.3. The number of hydrogen-bond donors (Lipinski definition) is 2. The Kier molecular flexibility index (Phi) is 2.59. The lowest BCUT2D eigenvalue weighted by molar-refractivity contribution is -0.150. The van der Waals surface area contributed by atoms with Gasteiger partial charge in [0.05, 0.1) is 12.8 Å². The molecule has 1 aromatic carbocycles. The van der Waals surface area contributed by atoms with E-state index in [4.69, 9.17) is 0 Å². The van der Waals surface area contributed by atoms with E-state index in [1.165, 1.54) is 0 Å². The summed E-state index contributed by atoms with van der Waals surface area (Å²) in [4.78, 5) is 25.2. The monoisotopic (exact) mass is 218 g/mol. The average molecular weight is 218 g/mol. The number of hydrogen-bond acceptors (Lipinski definition) is 3. The molecule has 16 heavy (non-hydrogen) atoms. The molecule has 0 unspecified atom stereocenters. The van der Waals surface area contributed by atoms with Crippen LogP contribution in [-0.4, -0.2) is 24.0 Å². The van der Waals surface area contributed by atoms with Gasteiger partial charge in [0, 0.05) is 17.1 Å². The SMILES string of the molecule is COC(=O)C(=O)Nc1c[nH]c2ccccc12. The van der Waals surface area contributed by atoms with Crippen LogP contribution >= 0.6 is 0 Å². The van der Waals surface area contributed by atoms with Gasteiger partial charge in [-0.15, -0.1) is 0 Å². The van der Waals surface area contributed by atoms with E-state index in [1.54, 1.807) is 6.20 Å². The molecule has 82 valence electrons. The molecule has 0 saturated carbocycles. The molecule has 0 radical (unpaired) electrons. The summed E-state index contributed by atoms with van der Waals surface area (Å²) in [6, 6.07) is 7.45. The number of amides is 1. The van der Waals surface area contributed by atoms with Crippen LogP contribution in [0.25, 0.3) is 10.9 Å². The number of H-pyrrole nitrogens is 1. The zero-order valence-corrected chi connectivity index (χ0v) is 8.61. The number of ether oxygens (including phenoxy) is 1. The number of fused-ring (bicyclic) bond motifs is 1. The van der Waals surface area contributed by atoms with Gasteiger partial charge >= 0.3 is 11.9 Å². The van der Waals surface area contributed by atoms with Crippen LogP contribution in [0.3, 0.4) is 0 Å². The summed E-state index contributed by atoms with van der Waals surface area (Å²) in [5.41, 5.74) is 1.45. The van der Waals surface area contributed by atoms with Crippen LogP contribution in [0.2, 0.25) is 0 Å². The number of methoxy groups -OCH3 is 1. The Labute approximate surface area is 91.4 Å². The summed E-state index contributed by atoms with van der Waals surface area (Å²) in [7, 11) is 1.16. The lowest BCUT2D eigenvalue weighted by atomic mass is 10.2. The molecule has 0 spiro atoms. The Morgan fingerprint density at radius 3 is 2.81 bits per heavy atom. The van der Waals surface area contributed by atoms with E-state index in [0.717, 1.165) is 18.0 Å². The number of carbonyl (C=O) groups excluding carboxylic acids is 2. The molecule has 0 bridgehead atoms. The fourth-order valence-corrected chi connectivity index (χ4v) is 1.44. The Bertz CT molecular complexity index is 545. The normalized spacial score (nSPS) is 10.1. The first-order valence-electron chi connectivity index (χ1n) is 4.68. The highest BCUT2D eigenvalue weighted by atomic mass is 16.5. The van der Waals surface area contributed by atoms with Gasteiger partial charge in [0.1, 0.15) is 0 Å². The highest BCUT2D eigenvalue weighted by Gasteiger charge is 2.15. The highest BCUT2D eigenvalue weighted by molar-refractivity contribution is 6.37. The largest absolute Gasteiger partial charge is 0.462 e. The van der Waals surface area contributed by atoms with Crippen molar-refractivity contribution in [3.8, 4) is 0 Å². The highest BCUT2D eigenvalue weighted by Crippen LogP contribution is 2.22. The third-order valence-electron chi connectivity index (χ3n) is 2.21. The number of anilines is 1. The Hall–Kier alpha value is -2.30. The molecular formula is C11H10N2O3. The lowest BCUT2D eigenvalue weighted by Crippen LogP contribution is -2.23. The van der Waals surface area contributed by atoms with Crippen LogP contribution in [0.5, 0.6) is 0 Å². The van der Waals surface area contributed by atoms with Crippen LogP contribution in [0.4, 0.5) is 5.69 Å². The molecule has 0 aliphatic rings. The third kappa shape index (κ3) is 1.75. The van der Waals surface area contributed by atoms with Crippen LogP contribution in [0, 0.1) is 0 Å². The first kappa shape index (κ1) is 10.2. The second-order valence-corrected chi connectivity index (χ2v) is 3.19. The number of aromatic amines is 1. The van der Waals surface area contributed by atoms with Crippen molar-refractivity contribution < 1.29 is 14.3 Å². The Morgan fingerprint density at radius 2 is 2.06 bits per heavy atom. The lowest BCUT2D eigenvalue weighted by Gasteiger charge is -2.01. The van der Waals surface area contributed by atoms with E-state index in [2.05, 4.69) is 15.0 Å². The predicted molar refractivity (Wildman–Crippen MR) is 58.9 cm³/mol. The molecule has 2 rings (SSSR count). The molecule has 5 heteroatoms. The molecule has 0 atom stereocenters. The minimum atomic E-state index is -0.912. The smallest absolute Gasteiger partial charge is 0.396 e.